The van der Waals surface area contributed by atoms with Crippen molar-refractivity contribution in [2.75, 3.05) is 0 Å². The third-order valence-corrected chi connectivity index (χ3v) is 4.25. The van der Waals surface area contributed by atoms with E-state index in [1.54, 1.807) is 36.1 Å². The molecule has 6 nitrogen and oxygen atoms in total. The zero-order valence-electron chi connectivity index (χ0n) is 14.3. The number of benzene rings is 1. The Labute approximate surface area is 149 Å². The molecule has 26 heavy (non-hydrogen) atoms. The highest BCUT2D eigenvalue weighted by molar-refractivity contribution is 6.04. The standard InChI is InChI=1S/C20H16N4O2/c1-12-5-3-7-15(9-12)24-19-18(13(2)23-24)16(20(25)26)10-17(22-19)14-6-4-8-21-11-14/h3-11H,1-2H3,(H,25,26). The first-order chi connectivity index (χ1) is 12.5. The molecule has 0 fully saturated rings. The van der Waals surface area contributed by atoms with Gasteiger partial charge in [-0.05, 0) is 49.7 Å². The Balaban J connectivity index is 2.06. The van der Waals surface area contributed by atoms with Crippen LogP contribution in [0.25, 0.3) is 28.0 Å². The van der Waals surface area contributed by atoms with Gasteiger partial charge in [0.2, 0.25) is 0 Å². The molecule has 6 heteroatoms. The predicted molar refractivity (Wildman–Crippen MR) is 98.5 cm³/mol. The highest BCUT2D eigenvalue weighted by atomic mass is 16.4. The van der Waals surface area contributed by atoms with Gasteiger partial charge in [-0.3, -0.25) is 4.98 Å². The second kappa shape index (κ2) is 6.07. The van der Waals surface area contributed by atoms with Crippen molar-refractivity contribution >= 4 is 17.0 Å². The molecule has 4 aromatic rings. The summed E-state index contributed by atoms with van der Waals surface area (Å²) in [4.78, 5) is 20.7. The Hall–Kier alpha value is -3.54. The van der Waals surface area contributed by atoms with E-state index in [2.05, 4.69) is 10.1 Å². The van der Waals surface area contributed by atoms with Crippen molar-refractivity contribution in [3.63, 3.8) is 0 Å². The number of rotatable bonds is 3. The number of nitrogens with zero attached hydrogens (tertiary/aromatic N) is 4. The summed E-state index contributed by atoms with van der Waals surface area (Å²) >= 11 is 0. The van der Waals surface area contributed by atoms with Gasteiger partial charge in [0.05, 0.1) is 28.0 Å². The Morgan fingerprint density at radius 3 is 2.65 bits per heavy atom. The van der Waals surface area contributed by atoms with E-state index >= 15 is 0 Å². The number of hydrogen-bond acceptors (Lipinski definition) is 4. The molecule has 0 saturated carbocycles. The molecule has 0 radical (unpaired) electrons. The fourth-order valence-electron chi connectivity index (χ4n) is 3.06. The van der Waals surface area contributed by atoms with E-state index in [1.165, 1.54) is 0 Å². The number of aromatic nitrogens is 4. The summed E-state index contributed by atoms with van der Waals surface area (Å²) in [5.74, 6) is -1.01. The Morgan fingerprint density at radius 2 is 1.96 bits per heavy atom. The number of aryl methyl sites for hydroxylation is 2. The van der Waals surface area contributed by atoms with Crippen LogP contribution >= 0.6 is 0 Å². The van der Waals surface area contributed by atoms with Gasteiger partial charge in [0.25, 0.3) is 0 Å². The molecule has 0 bridgehead atoms. The first-order valence-electron chi connectivity index (χ1n) is 8.15. The fraction of sp³-hybridized carbons (Fsp3) is 0.100. The van der Waals surface area contributed by atoms with Crippen LogP contribution in [0.1, 0.15) is 21.6 Å². The van der Waals surface area contributed by atoms with Crippen molar-refractivity contribution in [2.45, 2.75) is 13.8 Å². The second-order valence-corrected chi connectivity index (χ2v) is 6.14. The molecular formula is C20H16N4O2. The molecule has 0 aliphatic heterocycles. The minimum Gasteiger partial charge on any atom is -0.478 e. The van der Waals surface area contributed by atoms with Crippen molar-refractivity contribution in [3.05, 3.63) is 71.7 Å². The monoisotopic (exact) mass is 344 g/mol. The summed E-state index contributed by atoms with van der Waals surface area (Å²) in [5, 5.41) is 14.8. The smallest absolute Gasteiger partial charge is 0.336 e. The summed E-state index contributed by atoms with van der Waals surface area (Å²) in [6.07, 6.45) is 3.33. The van der Waals surface area contributed by atoms with E-state index < -0.39 is 5.97 Å². The lowest BCUT2D eigenvalue weighted by atomic mass is 10.1. The number of fused-ring (bicyclic) bond motifs is 1. The van der Waals surface area contributed by atoms with Gasteiger partial charge in [0.15, 0.2) is 5.65 Å². The van der Waals surface area contributed by atoms with Crippen molar-refractivity contribution < 1.29 is 9.90 Å². The third-order valence-electron chi connectivity index (χ3n) is 4.25. The zero-order chi connectivity index (χ0) is 18.3. The summed E-state index contributed by atoms with van der Waals surface area (Å²) in [7, 11) is 0. The maximum atomic E-state index is 11.9. The van der Waals surface area contributed by atoms with Gasteiger partial charge in [-0.2, -0.15) is 5.10 Å². The second-order valence-electron chi connectivity index (χ2n) is 6.14. The first kappa shape index (κ1) is 16.0. The number of pyridine rings is 2. The van der Waals surface area contributed by atoms with Gasteiger partial charge in [-0.15, -0.1) is 0 Å². The maximum absolute atomic E-state index is 11.9. The molecule has 0 aliphatic rings. The quantitative estimate of drug-likeness (QED) is 0.611. The van der Waals surface area contributed by atoms with Crippen LogP contribution in [0.5, 0.6) is 0 Å². The summed E-state index contributed by atoms with van der Waals surface area (Å²) in [6, 6.07) is 13.1. The van der Waals surface area contributed by atoms with Crippen molar-refractivity contribution in [3.8, 4) is 16.9 Å². The molecule has 3 aromatic heterocycles. The third kappa shape index (κ3) is 2.61. The Kier molecular flexibility index (Phi) is 3.73. The average molecular weight is 344 g/mol. The Morgan fingerprint density at radius 1 is 1.12 bits per heavy atom. The van der Waals surface area contributed by atoms with Crippen LogP contribution in [0, 0.1) is 13.8 Å². The molecule has 0 saturated heterocycles. The van der Waals surface area contributed by atoms with Gasteiger partial charge in [-0.1, -0.05) is 12.1 Å². The highest BCUT2D eigenvalue weighted by Crippen LogP contribution is 2.28. The van der Waals surface area contributed by atoms with Crippen LogP contribution in [0.15, 0.2) is 54.9 Å². The largest absolute Gasteiger partial charge is 0.478 e. The summed E-state index contributed by atoms with van der Waals surface area (Å²) in [6.45, 7) is 3.80. The van der Waals surface area contributed by atoms with Gasteiger partial charge in [-0.25, -0.2) is 14.5 Å². The normalized spacial score (nSPS) is 11.0. The van der Waals surface area contributed by atoms with Crippen molar-refractivity contribution in [1.82, 2.24) is 19.7 Å². The molecule has 0 amide bonds. The van der Waals surface area contributed by atoms with Gasteiger partial charge < -0.3 is 5.11 Å². The lowest BCUT2D eigenvalue weighted by Gasteiger charge is -2.07. The lowest BCUT2D eigenvalue weighted by molar-refractivity contribution is 0.0699. The van der Waals surface area contributed by atoms with Gasteiger partial charge in [0, 0.05) is 18.0 Å². The van der Waals surface area contributed by atoms with E-state index in [0.717, 1.165) is 16.8 Å². The van der Waals surface area contributed by atoms with E-state index in [4.69, 9.17) is 4.98 Å². The van der Waals surface area contributed by atoms with E-state index in [-0.39, 0.29) is 5.56 Å². The van der Waals surface area contributed by atoms with Crippen LogP contribution in [0.4, 0.5) is 0 Å². The van der Waals surface area contributed by atoms with E-state index in [9.17, 15) is 9.90 Å². The van der Waals surface area contributed by atoms with Crippen LogP contribution in [0.2, 0.25) is 0 Å². The number of hydrogen-bond donors (Lipinski definition) is 1. The molecule has 0 aliphatic carbocycles. The lowest BCUT2D eigenvalue weighted by Crippen LogP contribution is -2.02. The molecule has 0 atom stereocenters. The minimum absolute atomic E-state index is 0.185. The van der Waals surface area contributed by atoms with E-state index in [1.807, 2.05) is 37.3 Å². The highest BCUT2D eigenvalue weighted by Gasteiger charge is 2.20. The predicted octanol–water partition coefficient (Wildman–Crippen LogP) is 3.80. The zero-order valence-corrected chi connectivity index (χ0v) is 14.3. The van der Waals surface area contributed by atoms with Gasteiger partial charge >= 0.3 is 5.97 Å². The Bertz CT molecular complexity index is 1130. The van der Waals surface area contributed by atoms with E-state index in [0.29, 0.717) is 22.4 Å². The van der Waals surface area contributed by atoms with Crippen LogP contribution in [-0.2, 0) is 0 Å². The van der Waals surface area contributed by atoms with Crippen LogP contribution < -0.4 is 0 Å². The number of carboxylic acid groups (broad SMARTS) is 1. The number of aromatic carboxylic acids is 1. The van der Waals surface area contributed by atoms with Crippen LogP contribution in [-0.4, -0.2) is 30.8 Å². The fourth-order valence-corrected chi connectivity index (χ4v) is 3.06. The SMILES string of the molecule is Cc1cccc(-n2nc(C)c3c(C(=O)O)cc(-c4cccnc4)nc32)c1. The topological polar surface area (TPSA) is 80.9 Å². The molecule has 1 N–H and O–H groups in total. The molecule has 1 aromatic carbocycles. The van der Waals surface area contributed by atoms with Crippen molar-refractivity contribution in [1.29, 1.82) is 0 Å². The average Bonchev–Trinajstić information content (AvgIpc) is 2.98. The molecule has 0 unspecified atom stereocenters. The molecular weight excluding hydrogens is 328 g/mol. The maximum Gasteiger partial charge on any atom is 0.336 e. The van der Waals surface area contributed by atoms with Gasteiger partial charge in [0.1, 0.15) is 0 Å². The molecule has 3 heterocycles. The van der Waals surface area contributed by atoms with Crippen LogP contribution in [0.3, 0.4) is 0 Å². The number of carboxylic acids is 1. The first-order valence-corrected chi connectivity index (χ1v) is 8.15. The minimum atomic E-state index is -1.01. The molecule has 4 rings (SSSR count). The molecule has 0 spiro atoms. The van der Waals surface area contributed by atoms with Crippen molar-refractivity contribution in [2.24, 2.45) is 0 Å². The summed E-state index contributed by atoms with van der Waals surface area (Å²) in [5.41, 5.74) is 4.57. The summed E-state index contributed by atoms with van der Waals surface area (Å²) < 4.78 is 1.70. The number of carbonyl (C=O) groups is 1. The molecule has 128 valence electrons.